The van der Waals surface area contributed by atoms with Gasteiger partial charge in [0.05, 0.1) is 20.6 Å². The van der Waals surface area contributed by atoms with Crippen molar-refractivity contribution < 1.29 is 0 Å². The minimum atomic E-state index is 0.189. The van der Waals surface area contributed by atoms with Crippen LogP contribution in [0.1, 0.15) is 0 Å². The van der Waals surface area contributed by atoms with Gasteiger partial charge in [-0.1, -0.05) is 107 Å². The van der Waals surface area contributed by atoms with Gasteiger partial charge in [-0.15, -0.1) is 0 Å². The average molecular weight is 470 g/mol. The first kappa shape index (κ1) is 19.6. The summed E-state index contributed by atoms with van der Waals surface area (Å²) in [4.78, 5) is 9.15. The van der Waals surface area contributed by atoms with Crippen LogP contribution in [0.3, 0.4) is 0 Å². The van der Waals surface area contributed by atoms with Crippen LogP contribution in [0, 0.1) is 0 Å². The van der Waals surface area contributed by atoms with Crippen molar-refractivity contribution >= 4 is 68.2 Å². The predicted octanol–water partition coefficient (Wildman–Crippen LogP) is 8.73. The first-order valence-electron chi connectivity index (χ1n) is 9.13. The normalized spacial score (nSPS) is 11.3. The van der Waals surface area contributed by atoms with Gasteiger partial charge in [0.1, 0.15) is 10.7 Å². The number of rotatable bonds is 2. The molecule has 0 radical (unpaired) electrons. The molecule has 0 spiro atoms. The van der Waals surface area contributed by atoms with E-state index < -0.39 is 0 Å². The summed E-state index contributed by atoms with van der Waals surface area (Å²) in [6.07, 6.45) is 1.74. The molecule has 0 aliphatic heterocycles. The van der Waals surface area contributed by atoms with Crippen molar-refractivity contribution in [3.05, 3.63) is 93.1 Å². The van der Waals surface area contributed by atoms with Crippen LogP contribution in [0.5, 0.6) is 0 Å². The first-order valence-corrected chi connectivity index (χ1v) is 10.6. The number of pyridine rings is 2. The molecule has 5 rings (SSSR count). The van der Waals surface area contributed by atoms with Gasteiger partial charge in [-0.05, 0) is 22.8 Å². The molecule has 5 aromatic rings. The molecule has 0 amide bonds. The van der Waals surface area contributed by atoms with Gasteiger partial charge >= 0.3 is 0 Å². The highest BCUT2D eigenvalue weighted by molar-refractivity contribution is 6.52. The van der Waals surface area contributed by atoms with Gasteiger partial charge in [0.2, 0.25) is 0 Å². The van der Waals surface area contributed by atoms with Crippen LogP contribution >= 0.6 is 46.4 Å². The Bertz CT molecular complexity index is 1420. The summed E-state index contributed by atoms with van der Waals surface area (Å²) in [5.74, 6) is 0. The number of nitrogens with zero attached hydrogens (tertiary/aromatic N) is 2. The van der Waals surface area contributed by atoms with Gasteiger partial charge in [0, 0.05) is 22.5 Å². The fourth-order valence-electron chi connectivity index (χ4n) is 3.74. The van der Waals surface area contributed by atoms with E-state index in [1.807, 2.05) is 66.7 Å². The van der Waals surface area contributed by atoms with E-state index in [1.54, 1.807) is 6.20 Å². The van der Waals surface area contributed by atoms with Crippen LogP contribution in [0.4, 0.5) is 0 Å². The standard InChI is InChI=1S/C24H12Cl4N2/c25-19-17-15(13-7-3-1-4-8-13)11-12-29-22(17)23-18(20(19)26)16(21(27)24(28)30-23)14-9-5-2-6-10-14/h1-12H. The quantitative estimate of drug-likeness (QED) is 0.191. The highest BCUT2D eigenvalue weighted by Crippen LogP contribution is 2.48. The minimum Gasteiger partial charge on any atom is -0.254 e. The molecule has 0 N–H and O–H groups in total. The molecule has 2 aromatic heterocycles. The third-order valence-electron chi connectivity index (χ3n) is 5.05. The number of hydrogen-bond donors (Lipinski definition) is 0. The number of halogens is 4. The summed E-state index contributed by atoms with van der Waals surface area (Å²) in [6, 6.07) is 21.5. The summed E-state index contributed by atoms with van der Waals surface area (Å²) in [7, 11) is 0. The van der Waals surface area contributed by atoms with Crippen LogP contribution < -0.4 is 0 Å². The maximum Gasteiger partial charge on any atom is 0.149 e. The lowest BCUT2D eigenvalue weighted by Crippen LogP contribution is -1.95. The zero-order chi connectivity index (χ0) is 20.8. The van der Waals surface area contributed by atoms with Crippen LogP contribution in [0.2, 0.25) is 20.2 Å². The van der Waals surface area contributed by atoms with Crippen molar-refractivity contribution in [3.8, 4) is 22.3 Å². The molecule has 0 unspecified atom stereocenters. The van der Waals surface area contributed by atoms with Crippen LogP contribution in [-0.4, -0.2) is 9.97 Å². The summed E-state index contributed by atoms with van der Waals surface area (Å²) in [6.45, 7) is 0. The van der Waals surface area contributed by atoms with Crippen molar-refractivity contribution in [3.63, 3.8) is 0 Å². The van der Waals surface area contributed by atoms with Crippen LogP contribution in [-0.2, 0) is 0 Å². The molecule has 0 fully saturated rings. The molecule has 0 saturated heterocycles. The minimum absolute atomic E-state index is 0.189. The van der Waals surface area contributed by atoms with E-state index in [-0.39, 0.29) is 5.15 Å². The fourth-order valence-corrected chi connectivity index (χ4v) is 4.73. The van der Waals surface area contributed by atoms with Crippen LogP contribution in [0.15, 0.2) is 72.9 Å². The van der Waals surface area contributed by atoms with Gasteiger partial charge in [-0.3, -0.25) is 4.98 Å². The highest BCUT2D eigenvalue weighted by atomic mass is 35.5. The van der Waals surface area contributed by atoms with E-state index >= 15 is 0 Å². The third-order valence-corrected chi connectivity index (χ3v) is 6.64. The van der Waals surface area contributed by atoms with E-state index in [4.69, 9.17) is 46.4 Å². The maximum atomic E-state index is 6.84. The van der Waals surface area contributed by atoms with Gasteiger partial charge < -0.3 is 0 Å². The Kier molecular flexibility index (Phi) is 5.04. The fraction of sp³-hybridized carbons (Fsp3) is 0. The van der Waals surface area contributed by atoms with Crippen molar-refractivity contribution in [2.45, 2.75) is 0 Å². The van der Waals surface area contributed by atoms with E-state index in [2.05, 4.69) is 9.97 Å². The Labute approximate surface area is 193 Å². The number of aromatic nitrogens is 2. The zero-order valence-electron chi connectivity index (χ0n) is 15.3. The Morgan fingerprint density at radius 3 is 1.83 bits per heavy atom. The second-order valence-corrected chi connectivity index (χ2v) is 8.25. The van der Waals surface area contributed by atoms with Gasteiger partial charge in [0.25, 0.3) is 0 Å². The second kappa shape index (κ2) is 7.72. The van der Waals surface area contributed by atoms with Crippen molar-refractivity contribution in [1.29, 1.82) is 0 Å². The number of fused-ring (bicyclic) bond motifs is 3. The predicted molar refractivity (Wildman–Crippen MR) is 128 cm³/mol. The average Bonchev–Trinajstić information content (AvgIpc) is 2.79. The molecule has 3 aromatic carbocycles. The van der Waals surface area contributed by atoms with Crippen molar-refractivity contribution in [1.82, 2.24) is 9.97 Å². The highest BCUT2D eigenvalue weighted by Gasteiger charge is 2.23. The third kappa shape index (κ3) is 3.03. The molecule has 30 heavy (non-hydrogen) atoms. The molecule has 0 saturated carbocycles. The summed E-state index contributed by atoms with van der Waals surface area (Å²) >= 11 is 26.7. The smallest absolute Gasteiger partial charge is 0.149 e. The van der Waals surface area contributed by atoms with E-state index in [9.17, 15) is 0 Å². The zero-order valence-corrected chi connectivity index (χ0v) is 18.4. The second-order valence-electron chi connectivity index (χ2n) is 6.76. The van der Waals surface area contributed by atoms with Crippen LogP contribution in [0.25, 0.3) is 44.1 Å². The lowest BCUT2D eigenvalue weighted by atomic mass is 9.96. The Morgan fingerprint density at radius 2 is 1.17 bits per heavy atom. The van der Waals surface area contributed by atoms with Gasteiger partial charge in [0.15, 0.2) is 0 Å². The lowest BCUT2D eigenvalue weighted by molar-refractivity contribution is 1.37. The van der Waals surface area contributed by atoms with Gasteiger partial charge in [-0.2, -0.15) is 0 Å². The molecule has 0 aliphatic carbocycles. The molecule has 6 heteroatoms. The Hall–Kier alpha value is -2.36. The molecule has 146 valence electrons. The monoisotopic (exact) mass is 468 g/mol. The summed E-state index contributed by atoms with van der Waals surface area (Å²) < 4.78 is 0. The lowest BCUT2D eigenvalue weighted by Gasteiger charge is -2.16. The van der Waals surface area contributed by atoms with E-state index in [0.717, 1.165) is 22.1 Å². The molecular formula is C24H12Cl4N2. The molecule has 0 aliphatic rings. The molecular weight excluding hydrogens is 458 g/mol. The van der Waals surface area contributed by atoms with Crippen molar-refractivity contribution in [2.75, 3.05) is 0 Å². The summed E-state index contributed by atoms with van der Waals surface area (Å²) in [5, 5.41) is 2.65. The number of hydrogen-bond acceptors (Lipinski definition) is 2. The Balaban J connectivity index is 1.99. The Morgan fingerprint density at radius 1 is 0.567 bits per heavy atom. The van der Waals surface area contributed by atoms with Gasteiger partial charge in [-0.25, -0.2) is 4.98 Å². The number of benzene rings is 3. The largest absolute Gasteiger partial charge is 0.254 e. The first-order chi connectivity index (χ1) is 14.6. The molecule has 0 atom stereocenters. The molecule has 2 nitrogen and oxygen atoms in total. The van der Waals surface area contributed by atoms with E-state index in [0.29, 0.717) is 37.1 Å². The molecule has 0 bridgehead atoms. The molecule has 2 heterocycles. The maximum absolute atomic E-state index is 6.84. The topological polar surface area (TPSA) is 25.8 Å². The summed E-state index contributed by atoms with van der Waals surface area (Å²) in [5.41, 5.74) is 4.66. The SMILES string of the molecule is Clc1nc2c(c(Cl)c(Cl)c3c(-c4ccccc4)ccnc32)c(-c2ccccc2)c1Cl. The van der Waals surface area contributed by atoms with Crippen molar-refractivity contribution in [2.24, 2.45) is 0 Å². The van der Waals surface area contributed by atoms with E-state index in [1.165, 1.54) is 0 Å².